The Morgan fingerprint density at radius 3 is 2.38 bits per heavy atom. The number of hydrogen-bond acceptors (Lipinski definition) is 3. The quantitative estimate of drug-likeness (QED) is 0.870. The molecule has 3 nitrogen and oxygen atoms in total. The van der Waals surface area contributed by atoms with Crippen molar-refractivity contribution in [2.24, 2.45) is 5.73 Å². The molecular weight excluding hydrogens is 309 g/mol. The molecule has 2 N–H and O–H groups in total. The predicted molar refractivity (Wildman–Crippen MR) is 86.5 cm³/mol. The number of ether oxygens (including phenoxy) is 2. The molecule has 0 aliphatic carbocycles. The largest absolute Gasteiger partial charge is 0.493 e. The molecule has 0 saturated carbocycles. The standard InChI is InChI=1S/C16H17Cl2NO2/c1-20-15-9-12(6-7-19)8-14(18)16(15)21-10-11-2-4-13(17)5-3-11/h2-5,8-9H,6-7,10,19H2,1H3. The van der Waals surface area contributed by atoms with E-state index in [1.54, 1.807) is 7.11 Å². The van der Waals surface area contributed by atoms with Gasteiger partial charge in [0.1, 0.15) is 6.61 Å². The van der Waals surface area contributed by atoms with Gasteiger partial charge in [0, 0.05) is 5.02 Å². The zero-order valence-electron chi connectivity index (χ0n) is 11.7. The fourth-order valence-electron chi connectivity index (χ4n) is 1.96. The summed E-state index contributed by atoms with van der Waals surface area (Å²) in [6.07, 6.45) is 0.744. The zero-order valence-corrected chi connectivity index (χ0v) is 13.2. The van der Waals surface area contributed by atoms with E-state index >= 15 is 0 Å². The van der Waals surface area contributed by atoms with Gasteiger partial charge in [-0.1, -0.05) is 35.3 Å². The van der Waals surface area contributed by atoms with Crippen LogP contribution in [0.5, 0.6) is 11.5 Å². The molecule has 0 bridgehead atoms. The first kappa shape index (κ1) is 16.0. The number of hydrogen-bond donors (Lipinski definition) is 1. The van der Waals surface area contributed by atoms with Gasteiger partial charge in [0.05, 0.1) is 12.1 Å². The highest BCUT2D eigenvalue weighted by Gasteiger charge is 2.12. The van der Waals surface area contributed by atoms with Crippen LogP contribution in [0.3, 0.4) is 0 Å². The lowest BCUT2D eigenvalue weighted by Crippen LogP contribution is -2.04. The molecule has 0 spiro atoms. The fourth-order valence-corrected chi connectivity index (χ4v) is 2.37. The monoisotopic (exact) mass is 325 g/mol. The van der Waals surface area contributed by atoms with Gasteiger partial charge in [0.25, 0.3) is 0 Å². The summed E-state index contributed by atoms with van der Waals surface area (Å²) in [6.45, 7) is 0.952. The van der Waals surface area contributed by atoms with Crippen molar-refractivity contribution in [1.29, 1.82) is 0 Å². The molecular formula is C16H17Cl2NO2. The molecule has 0 fully saturated rings. The van der Waals surface area contributed by atoms with E-state index in [1.807, 2.05) is 36.4 Å². The van der Waals surface area contributed by atoms with Crippen molar-refractivity contribution in [2.75, 3.05) is 13.7 Å². The average molecular weight is 326 g/mol. The molecule has 0 aliphatic heterocycles. The number of benzene rings is 2. The third kappa shape index (κ3) is 4.27. The van der Waals surface area contributed by atoms with Crippen molar-refractivity contribution < 1.29 is 9.47 Å². The molecule has 5 heteroatoms. The SMILES string of the molecule is COc1cc(CCN)cc(Cl)c1OCc1ccc(Cl)cc1. The van der Waals surface area contributed by atoms with Crippen LogP contribution in [0.15, 0.2) is 36.4 Å². The lowest BCUT2D eigenvalue weighted by atomic mass is 10.1. The van der Waals surface area contributed by atoms with Gasteiger partial charge in [-0.2, -0.15) is 0 Å². The number of nitrogens with two attached hydrogens (primary N) is 1. The Morgan fingerprint density at radius 2 is 1.76 bits per heavy atom. The van der Waals surface area contributed by atoms with E-state index in [2.05, 4.69) is 0 Å². The van der Waals surface area contributed by atoms with Crippen LogP contribution in [0.25, 0.3) is 0 Å². The van der Waals surface area contributed by atoms with Crippen molar-refractivity contribution in [3.05, 3.63) is 57.6 Å². The Morgan fingerprint density at radius 1 is 1.05 bits per heavy atom. The summed E-state index contributed by atoms with van der Waals surface area (Å²) >= 11 is 12.1. The molecule has 0 aliphatic rings. The van der Waals surface area contributed by atoms with Gasteiger partial charge in [-0.15, -0.1) is 0 Å². The minimum Gasteiger partial charge on any atom is -0.493 e. The molecule has 0 unspecified atom stereocenters. The van der Waals surface area contributed by atoms with Gasteiger partial charge >= 0.3 is 0 Å². The van der Waals surface area contributed by atoms with Crippen molar-refractivity contribution in [3.63, 3.8) is 0 Å². The van der Waals surface area contributed by atoms with E-state index in [4.69, 9.17) is 38.4 Å². The molecule has 112 valence electrons. The summed E-state index contributed by atoms with van der Waals surface area (Å²) in [5.74, 6) is 1.15. The highest BCUT2D eigenvalue weighted by atomic mass is 35.5. The van der Waals surface area contributed by atoms with Crippen LogP contribution in [0, 0.1) is 0 Å². The summed E-state index contributed by atoms with van der Waals surface area (Å²) in [4.78, 5) is 0. The molecule has 0 saturated heterocycles. The van der Waals surface area contributed by atoms with E-state index in [0.29, 0.717) is 34.7 Å². The van der Waals surface area contributed by atoms with Crippen LogP contribution in [0.1, 0.15) is 11.1 Å². The van der Waals surface area contributed by atoms with Crippen molar-refractivity contribution >= 4 is 23.2 Å². The van der Waals surface area contributed by atoms with Crippen molar-refractivity contribution in [1.82, 2.24) is 0 Å². The van der Waals surface area contributed by atoms with Crippen LogP contribution in [-0.4, -0.2) is 13.7 Å². The van der Waals surface area contributed by atoms with Crippen molar-refractivity contribution in [2.45, 2.75) is 13.0 Å². The fraction of sp³-hybridized carbons (Fsp3) is 0.250. The molecule has 0 amide bonds. The highest BCUT2D eigenvalue weighted by Crippen LogP contribution is 2.37. The molecule has 2 rings (SSSR count). The summed E-state index contributed by atoms with van der Waals surface area (Å²) in [6, 6.07) is 11.2. The predicted octanol–water partition coefficient (Wildman–Crippen LogP) is 4.08. The first-order valence-corrected chi connectivity index (χ1v) is 7.33. The first-order chi connectivity index (χ1) is 10.1. The molecule has 0 atom stereocenters. The second-order valence-electron chi connectivity index (χ2n) is 4.56. The Balaban J connectivity index is 2.16. The molecule has 0 aromatic heterocycles. The van der Waals surface area contributed by atoms with Crippen LogP contribution in [-0.2, 0) is 13.0 Å². The van der Waals surface area contributed by atoms with E-state index in [1.165, 1.54) is 0 Å². The van der Waals surface area contributed by atoms with Gasteiger partial charge in [0.2, 0.25) is 0 Å². The Kier molecular flexibility index (Phi) is 5.74. The van der Waals surface area contributed by atoms with Crippen LogP contribution >= 0.6 is 23.2 Å². The summed E-state index contributed by atoms with van der Waals surface area (Å²) in [7, 11) is 1.59. The second-order valence-corrected chi connectivity index (χ2v) is 5.41. The van der Waals surface area contributed by atoms with Gasteiger partial charge < -0.3 is 15.2 Å². The average Bonchev–Trinajstić information content (AvgIpc) is 2.47. The summed E-state index contributed by atoms with van der Waals surface area (Å²) in [5.41, 5.74) is 7.59. The van der Waals surface area contributed by atoms with Crippen LogP contribution in [0.4, 0.5) is 0 Å². The van der Waals surface area contributed by atoms with E-state index in [0.717, 1.165) is 17.5 Å². The molecule has 21 heavy (non-hydrogen) atoms. The molecule has 2 aromatic carbocycles. The highest BCUT2D eigenvalue weighted by molar-refractivity contribution is 6.32. The topological polar surface area (TPSA) is 44.5 Å². The maximum atomic E-state index is 6.27. The Labute approximate surface area is 134 Å². The normalized spacial score (nSPS) is 10.5. The van der Waals surface area contributed by atoms with E-state index in [9.17, 15) is 0 Å². The van der Waals surface area contributed by atoms with Crippen molar-refractivity contribution in [3.8, 4) is 11.5 Å². The molecule has 0 heterocycles. The molecule has 2 aromatic rings. The maximum Gasteiger partial charge on any atom is 0.180 e. The van der Waals surface area contributed by atoms with Gasteiger partial charge in [-0.3, -0.25) is 0 Å². The smallest absolute Gasteiger partial charge is 0.180 e. The first-order valence-electron chi connectivity index (χ1n) is 6.57. The van der Waals surface area contributed by atoms with Gasteiger partial charge in [-0.25, -0.2) is 0 Å². The Hall–Kier alpha value is -1.42. The Bertz CT molecular complexity index is 600. The van der Waals surface area contributed by atoms with Gasteiger partial charge in [-0.05, 0) is 48.4 Å². The second kappa shape index (κ2) is 7.55. The van der Waals surface area contributed by atoms with E-state index in [-0.39, 0.29) is 0 Å². The summed E-state index contributed by atoms with van der Waals surface area (Å²) in [5, 5.41) is 1.22. The lowest BCUT2D eigenvalue weighted by molar-refractivity contribution is 0.284. The van der Waals surface area contributed by atoms with Gasteiger partial charge in [0.15, 0.2) is 11.5 Å². The third-order valence-electron chi connectivity index (χ3n) is 3.02. The third-order valence-corrected chi connectivity index (χ3v) is 3.55. The maximum absolute atomic E-state index is 6.27. The zero-order chi connectivity index (χ0) is 15.2. The summed E-state index contributed by atoms with van der Waals surface area (Å²) < 4.78 is 11.1. The number of rotatable bonds is 6. The van der Waals surface area contributed by atoms with Crippen LogP contribution < -0.4 is 15.2 Å². The minimum atomic E-state index is 0.392. The number of halogens is 2. The lowest BCUT2D eigenvalue weighted by Gasteiger charge is -2.14. The van der Waals surface area contributed by atoms with E-state index < -0.39 is 0 Å². The van der Waals surface area contributed by atoms with Crippen LogP contribution in [0.2, 0.25) is 10.0 Å². The molecule has 0 radical (unpaired) electrons. The number of methoxy groups -OCH3 is 1. The minimum absolute atomic E-state index is 0.392.